The maximum Gasteiger partial charge on any atom is 0.311 e. The summed E-state index contributed by atoms with van der Waals surface area (Å²) >= 11 is 0. The van der Waals surface area contributed by atoms with Crippen LogP contribution in [0.5, 0.6) is 0 Å². The first-order valence-electron chi connectivity index (χ1n) is 17.9. The first-order chi connectivity index (χ1) is 25.2. The van der Waals surface area contributed by atoms with Crippen molar-refractivity contribution in [1.29, 1.82) is 0 Å². The van der Waals surface area contributed by atoms with Crippen molar-refractivity contribution in [3.63, 3.8) is 0 Å². The zero-order chi connectivity index (χ0) is 38.0. The second kappa shape index (κ2) is 32.8. The van der Waals surface area contributed by atoms with Crippen molar-refractivity contribution in [2.45, 2.75) is 45.6 Å². The minimum atomic E-state index is -0.851. The van der Waals surface area contributed by atoms with Crippen LogP contribution < -0.4 is 0 Å². The first-order valence-corrected chi connectivity index (χ1v) is 20.2. The Balaban J connectivity index is 1.93. The third-order valence-electron chi connectivity index (χ3n) is 7.34. The minimum Gasteiger partial charge on any atom is -0.464 e. The number of rotatable bonds is 37. The molecular formula is C36H63NO13S2. The summed E-state index contributed by atoms with van der Waals surface area (Å²) in [4.78, 5) is 30.1. The monoisotopic (exact) mass is 781 g/mol. The number of hydrogen-bond donors (Lipinski definition) is 0. The lowest BCUT2D eigenvalue weighted by atomic mass is 9.72. The van der Waals surface area contributed by atoms with Crippen LogP contribution in [0.4, 0.5) is 0 Å². The Morgan fingerprint density at radius 3 is 1.42 bits per heavy atom. The largest absolute Gasteiger partial charge is 0.464 e. The first kappa shape index (κ1) is 48.4. The van der Waals surface area contributed by atoms with Crippen LogP contribution in [0.2, 0.25) is 0 Å². The molecule has 1 aromatic rings. The zero-order valence-electron chi connectivity index (χ0n) is 31.9. The van der Waals surface area contributed by atoms with Gasteiger partial charge in [0.25, 0.3) is 0 Å². The fraction of sp³-hybridized carbons (Fsp3) is 0.806. The number of esters is 2. The van der Waals surface area contributed by atoms with E-state index >= 15 is 0 Å². The lowest BCUT2D eigenvalue weighted by molar-refractivity contribution is -0.163. The van der Waals surface area contributed by atoms with Gasteiger partial charge in [-0.2, -0.15) is 0 Å². The molecule has 1 rings (SSSR count). The molecule has 1 aromatic heterocycles. The molecule has 1 atom stereocenters. The smallest absolute Gasteiger partial charge is 0.311 e. The Morgan fingerprint density at radius 1 is 0.596 bits per heavy atom. The topological polar surface area (TPSA) is 149 Å². The zero-order valence-corrected chi connectivity index (χ0v) is 33.6. The van der Waals surface area contributed by atoms with Crippen LogP contribution in [0, 0.1) is 10.8 Å². The van der Waals surface area contributed by atoms with Crippen molar-refractivity contribution in [2.75, 3.05) is 138 Å². The molecule has 1 heterocycles. The third kappa shape index (κ3) is 26.2. The fourth-order valence-corrected chi connectivity index (χ4v) is 6.11. The molecule has 1 unspecified atom stereocenters. The van der Waals surface area contributed by atoms with E-state index in [2.05, 4.69) is 4.98 Å². The van der Waals surface area contributed by atoms with E-state index in [9.17, 15) is 9.59 Å². The van der Waals surface area contributed by atoms with Crippen LogP contribution in [0.3, 0.4) is 0 Å². The minimum absolute atomic E-state index is 0.120. The number of methoxy groups -OCH3 is 1. The molecule has 0 aliphatic heterocycles. The van der Waals surface area contributed by atoms with E-state index in [1.165, 1.54) is 10.8 Å². The van der Waals surface area contributed by atoms with Gasteiger partial charge in [0.2, 0.25) is 0 Å². The van der Waals surface area contributed by atoms with Crippen molar-refractivity contribution >= 4 is 33.5 Å². The van der Waals surface area contributed by atoms with Crippen LogP contribution in [0.25, 0.3) is 0 Å². The maximum absolute atomic E-state index is 13.0. The van der Waals surface area contributed by atoms with Gasteiger partial charge in [-0.05, 0) is 56.5 Å². The van der Waals surface area contributed by atoms with Gasteiger partial charge in [0.15, 0.2) is 0 Å². The molecule has 0 amide bonds. The van der Waals surface area contributed by atoms with E-state index < -0.39 is 10.8 Å². The summed E-state index contributed by atoms with van der Waals surface area (Å²) in [5, 5.41) is 0.905. The lowest BCUT2D eigenvalue weighted by Crippen LogP contribution is -2.39. The molecule has 0 aliphatic carbocycles. The van der Waals surface area contributed by atoms with Crippen molar-refractivity contribution in [2.24, 2.45) is 10.8 Å². The molecule has 0 saturated heterocycles. The fourth-order valence-electron chi connectivity index (χ4n) is 4.40. The number of aromatic nitrogens is 1. The van der Waals surface area contributed by atoms with E-state index in [1.54, 1.807) is 37.9 Å². The highest BCUT2D eigenvalue weighted by molar-refractivity contribution is 8.76. The Hall–Kier alpha value is -1.57. The van der Waals surface area contributed by atoms with Crippen molar-refractivity contribution in [3.05, 3.63) is 24.4 Å². The predicted molar refractivity (Wildman–Crippen MR) is 200 cm³/mol. The molecule has 0 aliphatic rings. The normalized spacial score (nSPS) is 12.9. The summed E-state index contributed by atoms with van der Waals surface area (Å²) in [6, 6.07) is 5.73. The molecule has 0 saturated carbocycles. The van der Waals surface area contributed by atoms with Crippen molar-refractivity contribution in [1.82, 2.24) is 4.98 Å². The second-order valence-corrected chi connectivity index (χ2v) is 14.6. The van der Waals surface area contributed by atoms with Gasteiger partial charge in [-0.3, -0.25) is 9.59 Å². The third-order valence-corrected chi connectivity index (χ3v) is 9.57. The molecule has 0 radical (unpaired) electrons. The highest BCUT2D eigenvalue weighted by Gasteiger charge is 2.42. The maximum atomic E-state index is 13.0. The van der Waals surface area contributed by atoms with Gasteiger partial charge in [-0.15, -0.1) is 0 Å². The van der Waals surface area contributed by atoms with E-state index in [4.69, 9.17) is 52.1 Å². The Bertz CT molecular complexity index is 996. The molecule has 302 valence electrons. The molecular weight excluding hydrogens is 719 g/mol. The number of hydrogen-bond acceptors (Lipinski definition) is 16. The number of carbonyl (C=O) groups excluding carboxylic acids is 2. The lowest BCUT2D eigenvalue weighted by Gasteiger charge is -2.33. The van der Waals surface area contributed by atoms with Gasteiger partial charge in [0.05, 0.1) is 123 Å². The van der Waals surface area contributed by atoms with Gasteiger partial charge in [0.1, 0.15) is 18.2 Å². The quantitative estimate of drug-likeness (QED) is 0.0529. The van der Waals surface area contributed by atoms with E-state index in [1.807, 2.05) is 32.0 Å². The standard InChI is InChI=1S/C36H63NO13S2/c1-6-36(4,31-35(2,3)33(38)50-29-30-51-52-32-9-7-8-10-37-32)34(39)49-28-27-48-26-25-47-24-23-46-22-21-45-20-19-44-18-17-43-16-15-42-14-13-41-12-11-40-5/h7-10H,6,11-31H2,1-5H3. The van der Waals surface area contributed by atoms with Gasteiger partial charge >= 0.3 is 11.9 Å². The van der Waals surface area contributed by atoms with E-state index in [0.717, 1.165) is 5.03 Å². The van der Waals surface area contributed by atoms with Crippen LogP contribution in [0.1, 0.15) is 40.5 Å². The molecule has 0 N–H and O–H groups in total. The average Bonchev–Trinajstić information content (AvgIpc) is 3.14. The van der Waals surface area contributed by atoms with Gasteiger partial charge in [-0.1, -0.05) is 23.8 Å². The Morgan fingerprint density at radius 2 is 1.02 bits per heavy atom. The van der Waals surface area contributed by atoms with Gasteiger partial charge in [0, 0.05) is 19.1 Å². The molecule has 0 bridgehead atoms. The van der Waals surface area contributed by atoms with E-state index in [-0.39, 0.29) is 31.8 Å². The number of pyridine rings is 1. The summed E-state index contributed by atoms with van der Waals surface area (Å²) in [6.07, 6.45) is 2.58. The van der Waals surface area contributed by atoms with Crippen LogP contribution in [-0.4, -0.2) is 155 Å². The molecule has 0 aromatic carbocycles. The summed E-state index contributed by atoms with van der Waals surface area (Å²) in [7, 11) is 4.75. The van der Waals surface area contributed by atoms with Crippen LogP contribution in [-0.2, 0) is 61.7 Å². The number of carbonyl (C=O) groups is 2. The van der Waals surface area contributed by atoms with Gasteiger partial charge < -0.3 is 52.1 Å². The van der Waals surface area contributed by atoms with Crippen LogP contribution in [0.15, 0.2) is 29.4 Å². The number of nitrogens with zero attached hydrogens (tertiary/aromatic N) is 1. The second-order valence-electron chi connectivity index (χ2n) is 12.2. The highest BCUT2D eigenvalue weighted by Crippen LogP contribution is 2.38. The number of ether oxygens (including phenoxy) is 11. The van der Waals surface area contributed by atoms with Crippen LogP contribution >= 0.6 is 21.6 Å². The summed E-state index contributed by atoms with van der Waals surface area (Å²) in [5.41, 5.74) is -1.68. The summed E-state index contributed by atoms with van der Waals surface area (Å²) in [6.45, 7) is 15.8. The highest BCUT2D eigenvalue weighted by atomic mass is 33.1. The Labute approximate surface area is 318 Å². The predicted octanol–water partition coefficient (Wildman–Crippen LogP) is 4.52. The molecule has 0 fully saturated rings. The Kier molecular flexibility index (Phi) is 30.6. The molecule has 0 spiro atoms. The molecule has 52 heavy (non-hydrogen) atoms. The van der Waals surface area contributed by atoms with Crippen molar-refractivity contribution < 1.29 is 61.7 Å². The van der Waals surface area contributed by atoms with E-state index in [0.29, 0.717) is 124 Å². The average molecular weight is 782 g/mol. The SMILES string of the molecule is CCC(C)(CC(C)(C)C(=O)OCCSSc1ccccn1)C(=O)OCCOCCOCCOCCOCCOCCOCCOCCOCCOC. The summed E-state index contributed by atoms with van der Waals surface area (Å²) in [5.74, 6) is -0.0579. The molecule has 14 nitrogen and oxygen atoms in total. The van der Waals surface area contributed by atoms with Crippen molar-refractivity contribution in [3.8, 4) is 0 Å². The van der Waals surface area contributed by atoms with Gasteiger partial charge in [-0.25, -0.2) is 4.98 Å². The molecule has 16 heteroatoms. The summed E-state index contributed by atoms with van der Waals surface area (Å²) < 4.78 is 59.6.